The molecule has 1 saturated heterocycles. The summed E-state index contributed by atoms with van der Waals surface area (Å²) in [4.78, 5) is 13.6. The van der Waals surface area contributed by atoms with E-state index >= 15 is 0 Å². The van der Waals surface area contributed by atoms with Crippen LogP contribution in [0.5, 0.6) is 0 Å². The van der Waals surface area contributed by atoms with Gasteiger partial charge in [0, 0.05) is 48.7 Å². The molecule has 1 aliphatic heterocycles. The van der Waals surface area contributed by atoms with Gasteiger partial charge in [-0.15, -0.1) is 11.3 Å². The minimum absolute atomic E-state index is 0.237. The first-order valence-corrected chi connectivity index (χ1v) is 12.9. The molecule has 2 fully saturated rings. The summed E-state index contributed by atoms with van der Waals surface area (Å²) in [5.41, 5.74) is 1.40. The molecule has 168 valence electrons. The number of guanidine groups is 1. The van der Waals surface area contributed by atoms with E-state index in [2.05, 4.69) is 57.1 Å². The van der Waals surface area contributed by atoms with Crippen LogP contribution in [0.3, 0.4) is 0 Å². The van der Waals surface area contributed by atoms with E-state index in [1.165, 1.54) is 37.0 Å². The fraction of sp³-hybridized carbons (Fsp3) is 0.600. The number of thiophene rings is 1. The van der Waals surface area contributed by atoms with Gasteiger partial charge >= 0.3 is 0 Å². The lowest BCUT2D eigenvalue weighted by atomic mass is 9.73. The Morgan fingerprint density at radius 3 is 2.68 bits per heavy atom. The monoisotopic (exact) mass is 439 g/mol. The van der Waals surface area contributed by atoms with Crippen molar-refractivity contribution >= 4 is 17.3 Å². The molecule has 0 spiro atoms. The van der Waals surface area contributed by atoms with Crippen molar-refractivity contribution in [3.8, 4) is 0 Å². The number of aliphatic imine (C=N–C) groups is 1. The molecule has 1 aliphatic carbocycles. The summed E-state index contributed by atoms with van der Waals surface area (Å²) in [5.74, 6) is 0.993. The van der Waals surface area contributed by atoms with Crippen molar-refractivity contribution in [2.75, 3.05) is 26.2 Å². The van der Waals surface area contributed by atoms with E-state index in [4.69, 9.17) is 4.99 Å². The molecule has 0 aromatic carbocycles. The Morgan fingerprint density at radius 2 is 2.00 bits per heavy atom. The molecule has 6 heteroatoms. The van der Waals surface area contributed by atoms with Gasteiger partial charge in [-0.05, 0) is 56.2 Å². The summed E-state index contributed by atoms with van der Waals surface area (Å²) in [7, 11) is 0. The number of nitrogens with one attached hydrogen (secondary N) is 2. The summed E-state index contributed by atoms with van der Waals surface area (Å²) in [6.45, 7) is 7.10. The number of piperidine rings is 1. The van der Waals surface area contributed by atoms with Gasteiger partial charge in [0.05, 0.1) is 12.2 Å². The lowest BCUT2D eigenvalue weighted by Crippen LogP contribution is -2.49. The van der Waals surface area contributed by atoms with Crippen molar-refractivity contribution in [2.24, 2.45) is 4.99 Å². The summed E-state index contributed by atoms with van der Waals surface area (Å²) in [6.07, 6.45) is 10.7. The van der Waals surface area contributed by atoms with E-state index in [1.807, 2.05) is 23.6 Å². The van der Waals surface area contributed by atoms with Gasteiger partial charge < -0.3 is 10.6 Å². The molecule has 2 aromatic heterocycles. The molecule has 0 bridgehead atoms. The van der Waals surface area contributed by atoms with Crippen LogP contribution in [-0.4, -0.2) is 48.1 Å². The first-order chi connectivity index (χ1) is 15.3. The number of likely N-dealkylation sites (tertiary alicyclic amines) is 1. The van der Waals surface area contributed by atoms with Crippen LogP contribution in [0, 0.1) is 0 Å². The quantitative estimate of drug-likeness (QED) is 0.490. The minimum atomic E-state index is 0.237. The molecular formula is C25H37N5S. The molecule has 2 N–H and O–H groups in total. The second-order valence-electron chi connectivity index (χ2n) is 9.03. The van der Waals surface area contributed by atoms with E-state index in [1.54, 1.807) is 0 Å². The SMILES string of the molecule is CCNC(=NCC1(c2cccs2)CCCCC1)NC1CCN(Cc2ccccn2)CC1. The molecule has 5 nitrogen and oxygen atoms in total. The maximum atomic E-state index is 5.12. The van der Waals surface area contributed by atoms with Gasteiger partial charge in [0.15, 0.2) is 5.96 Å². The highest BCUT2D eigenvalue weighted by Gasteiger charge is 2.35. The average molecular weight is 440 g/mol. The van der Waals surface area contributed by atoms with Gasteiger partial charge in [-0.1, -0.05) is 31.4 Å². The molecule has 0 radical (unpaired) electrons. The molecule has 0 amide bonds. The summed E-state index contributed by atoms with van der Waals surface area (Å²) in [6, 6.07) is 11.2. The third-order valence-electron chi connectivity index (χ3n) is 6.78. The maximum absolute atomic E-state index is 5.12. The van der Waals surface area contributed by atoms with Crippen LogP contribution in [0.2, 0.25) is 0 Å². The first kappa shape index (κ1) is 22.3. The summed E-state index contributed by atoms with van der Waals surface area (Å²) in [5, 5.41) is 9.46. The van der Waals surface area contributed by atoms with E-state index in [0.717, 1.165) is 57.2 Å². The van der Waals surface area contributed by atoms with Crippen molar-refractivity contribution in [1.82, 2.24) is 20.5 Å². The maximum Gasteiger partial charge on any atom is 0.191 e. The van der Waals surface area contributed by atoms with Gasteiger partial charge in [-0.25, -0.2) is 0 Å². The predicted octanol–water partition coefficient (Wildman–Crippen LogP) is 4.56. The Bertz CT molecular complexity index is 791. The largest absolute Gasteiger partial charge is 0.357 e. The van der Waals surface area contributed by atoms with Crippen molar-refractivity contribution in [2.45, 2.75) is 69.9 Å². The molecule has 0 atom stereocenters. The van der Waals surface area contributed by atoms with Crippen LogP contribution in [0.1, 0.15) is 62.4 Å². The summed E-state index contributed by atoms with van der Waals surface area (Å²) >= 11 is 1.91. The predicted molar refractivity (Wildman–Crippen MR) is 131 cm³/mol. The number of aromatic nitrogens is 1. The number of hydrogen-bond acceptors (Lipinski definition) is 4. The number of hydrogen-bond donors (Lipinski definition) is 2. The highest BCUT2D eigenvalue weighted by atomic mass is 32.1. The Labute approximate surface area is 191 Å². The van der Waals surface area contributed by atoms with Crippen LogP contribution in [0.4, 0.5) is 0 Å². The van der Waals surface area contributed by atoms with Gasteiger partial charge in [0.2, 0.25) is 0 Å². The third-order valence-corrected chi connectivity index (χ3v) is 7.90. The molecule has 1 saturated carbocycles. The third kappa shape index (κ3) is 6.07. The highest BCUT2D eigenvalue weighted by Crippen LogP contribution is 2.41. The molecule has 3 heterocycles. The fourth-order valence-electron chi connectivity index (χ4n) is 4.99. The van der Waals surface area contributed by atoms with Crippen molar-refractivity contribution in [1.29, 1.82) is 0 Å². The van der Waals surface area contributed by atoms with Crippen molar-refractivity contribution in [3.63, 3.8) is 0 Å². The Kier molecular flexibility index (Phi) is 7.97. The van der Waals surface area contributed by atoms with Crippen LogP contribution in [0.25, 0.3) is 0 Å². The van der Waals surface area contributed by atoms with Crippen LogP contribution in [-0.2, 0) is 12.0 Å². The van der Waals surface area contributed by atoms with Crippen LogP contribution >= 0.6 is 11.3 Å². The molecule has 2 aromatic rings. The van der Waals surface area contributed by atoms with Crippen LogP contribution < -0.4 is 10.6 Å². The standard InChI is InChI=1S/C25H37N5S/c1-2-26-24(28-20-25(13-5-3-6-14-25)23-10-8-18-31-23)29-21-11-16-30(17-12-21)19-22-9-4-7-15-27-22/h4,7-10,15,18,21H,2-3,5-6,11-14,16-17,19-20H2,1H3,(H2,26,28,29). The summed E-state index contributed by atoms with van der Waals surface area (Å²) < 4.78 is 0. The van der Waals surface area contributed by atoms with Gasteiger partial charge in [0.25, 0.3) is 0 Å². The average Bonchev–Trinajstić information content (AvgIpc) is 3.36. The zero-order valence-corrected chi connectivity index (χ0v) is 19.7. The fourth-order valence-corrected chi connectivity index (χ4v) is 5.97. The number of rotatable bonds is 7. The number of nitrogens with zero attached hydrogens (tertiary/aromatic N) is 3. The lowest BCUT2D eigenvalue weighted by molar-refractivity contribution is 0.196. The first-order valence-electron chi connectivity index (χ1n) is 12.0. The normalized spacial score (nSPS) is 20.5. The van der Waals surface area contributed by atoms with E-state index in [-0.39, 0.29) is 5.41 Å². The van der Waals surface area contributed by atoms with Gasteiger partial charge in [-0.3, -0.25) is 14.9 Å². The van der Waals surface area contributed by atoms with E-state index < -0.39 is 0 Å². The van der Waals surface area contributed by atoms with Crippen LogP contribution in [0.15, 0.2) is 46.9 Å². The topological polar surface area (TPSA) is 52.6 Å². The lowest BCUT2D eigenvalue weighted by Gasteiger charge is -2.36. The Hall–Kier alpha value is -1.92. The van der Waals surface area contributed by atoms with E-state index in [0.29, 0.717) is 6.04 Å². The molecule has 0 unspecified atom stereocenters. The molecule has 2 aliphatic rings. The molecular weight excluding hydrogens is 402 g/mol. The number of pyridine rings is 1. The molecule has 31 heavy (non-hydrogen) atoms. The van der Waals surface area contributed by atoms with Gasteiger partial charge in [0.1, 0.15) is 0 Å². The zero-order valence-electron chi connectivity index (χ0n) is 18.9. The second-order valence-corrected chi connectivity index (χ2v) is 9.98. The molecule has 4 rings (SSSR count). The highest BCUT2D eigenvalue weighted by molar-refractivity contribution is 7.10. The van der Waals surface area contributed by atoms with Crippen molar-refractivity contribution < 1.29 is 0 Å². The minimum Gasteiger partial charge on any atom is -0.357 e. The van der Waals surface area contributed by atoms with Crippen molar-refractivity contribution in [3.05, 3.63) is 52.5 Å². The van der Waals surface area contributed by atoms with Gasteiger partial charge in [-0.2, -0.15) is 0 Å². The zero-order chi connectivity index (χ0) is 21.4. The smallest absolute Gasteiger partial charge is 0.191 e. The second kappa shape index (κ2) is 11.1. The van der Waals surface area contributed by atoms with E-state index in [9.17, 15) is 0 Å². The Morgan fingerprint density at radius 1 is 1.16 bits per heavy atom. The Balaban J connectivity index is 1.34.